The Morgan fingerprint density at radius 1 is 1.14 bits per heavy atom. The van der Waals surface area contributed by atoms with E-state index in [-0.39, 0.29) is 12.6 Å². The van der Waals surface area contributed by atoms with Crippen LogP contribution in [0.15, 0.2) is 47.4 Å². The Kier molecular flexibility index (Phi) is 4.53. The summed E-state index contributed by atoms with van der Waals surface area (Å²) in [7, 11) is 0. The van der Waals surface area contributed by atoms with E-state index in [1.807, 2.05) is 42.5 Å². The number of ketones is 1. The number of fused-ring (bicyclic) bond motifs is 1. The molecular weight excluding hydrogens is 300 g/mol. The Hall–Kier alpha value is -2.14. The number of Topliss-reactive ketones (excluding diaryl/α,β-unsaturated/α-hetero) is 1. The summed E-state index contributed by atoms with van der Waals surface area (Å²) in [5, 5.41) is 0. The highest BCUT2D eigenvalue weighted by Gasteiger charge is 2.13. The molecular formula is C17H16O4S. The molecule has 0 aromatic heterocycles. The Labute approximate surface area is 133 Å². The first-order chi connectivity index (χ1) is 10.7. The van der Waals surface area contributed by atoms with Gasteiger partial charge in [-0.05, 0) is 31.2 Å². The van der Waals surface area contributed by atoms with Crippen LogP contribution in [0.1, 0.15) is 17.3 Å². The summed E-state index contributed by atoms with van der Waals surface area (Å²) in [6.07, 6.45) is 0. The van der Waals surface area contributed by atoms with Crippen LogP contribution in [0.4, 0.5) is 0 Å². The zero-order chi connectivity index (χ0) is 15.4. The summed E-state index contributed by atoms with van der Waals surface area (Å²) in [6.45, 7) is 2.44. The minimum atomic E-state index is 0.0858. The van der Waals surface area contributed by atoms with Crippen molar-refractivity contribution in [2.75, 3.05) is 19.2 Å². The van der Waals surface area contributed by atoms with Crippen LogP contribution < -0.4 is 14.2 Å². The van der Waals surface area contributed by atoms with Crippen LogP contribution in [0.25, 0.3) is 0 Å². The monoisotopic (exact) mass is 316 g/mol. The van der Waals surface area contributed by atoms with Crippen molar-refractivity contribution in [2.45, 2.75) is 11.8 Å². The van der Waals surface area contributed by atoms with E-state index in [9.17, 15) is 4.79 Å². The molecule has 22 heavy (non-hydrogen) atoms. The Bertz CT molecular complexity index is 667. The average molecular weight is 316 g/mol. The van der Waals surface area contributed by atoms with E-state index in [0.29, 0.717) is 6.61 Å². The highest BCUT2D eigenvalue weighted by Crippen LogP contribution is 2.35. The molecule has 4 nitrogen and oxygen atoms in total. The van der Waals surface area contributed by atoms with E-state index in [2.05, 4.69) is 0 Å². The van der Waals surface area contributed by atoms with E-state index < -0.39 is 0 Å². The van der Waals surface area contributed by atoms with Gasteiger partial charge in [0.2, 0.25) is 6.79 Å². The van der Waals surface area contributed by atoms with E-state index in [1.165, 1.54) is 0 Å². The zero-order valence-electron chi connectivity index (χ0n) is 12.2. The summed E-state index contributed by atoms with van der Waals surface area (Å²) in [5.41, 5.74) is 0.737. The van der Waals surface area contributed by atoms with Crippen molar-refractivity contribution in [3.05, 3.63) is 48.0 Å². The van der Waals surface area contributed by atoms with Crippen LogP contribution in [-0.2, 0) is 0 Å². The van der Waals surface area contributed by atoms with Crippen LogP contribution in [-0.4, -0.2) is 24.9 Å². The summed E-state index contributed by atoms with van der Waals surface area (Å²) in [6, 6.07) is 13.2. The topological polar surface area (TPSA) is 44.8 Å². The molecule has 5 heteroatoms. The van der Waals surface area contributed by atoms with Crippen LogP contribution in [0.5, 0.6) is 17.2 Å². The predicted molar refractivity (Wildman–Crippen MR) is 85.2 cm³/mol. The number of ether oxygens (including phenoxy) is 3. The lowest BCUT2D eigenvalue weighted by atomic mass is 10.2. The van der Waals surface area contributed by atoms with Gasteiger partial charge in [-0.3, -0.25) is 4.79 Å². The largest absolute Gasteiger partial charge is 0.493 e. The van der Waals surface area contributed by atoms with Gasteiger partial charge >= 0.3 is 0 Å². The van der Waals surface area contributed by atoms with Gasteiger partial charge in [-0.25, -0.2) is 0 Å². The SMILES string of the molecule is CC(=O)c1ccc(SCCOc2ccc3c(c2)OCO3)cc1. The number of hydrogen-bond acceptors (Lipinski definition) is 5. The summed E-state index contributed by atoms with van der Waals surface area (Å²) < 4.78 is 16.3. The molecule has 1 heterocycles. The van der Waals surface area contributed by atoms with Crippen molar-refractivity contribution in [1.82, 2.24) is 0 Å². The third kappa shape index (κ3) is 3.54. The Morgan fingerprint density at radius 3 is 2.68 bits per heavy atom. The maximum Gasteiger partial charge on any atom is 0.231 e. The third-order valence-corrected chi connectivity index (χ3v) is 4.20. The van der Waals surface area contributed by atoms with Crippen molar-refractivity contribution in [3.63, 3.8) is 0 Å². The first-order valence-electron chi connectivity index (χ1n) is 6.98. The fraction of sp³-hybridized carbons (Fsp3) is 0.235. The number of thioether (sulfide) groups is 1. The van der Waals surface area contributed by atoms with Crippen LogP contribution >= 0.6 is 11.8 Å². The zero-order valence-corrected chi connectivity index (χ0v) is 13.0. The highest BCUT2D eigenvalue weighted by atomic mass is 32.2. The predicted octanol–water partition coefficient (Wildman–Crippen LogP) is 3.79. The maximum absolute atomic E-state index is 11.2. The van der Waals surface area contributed by atoms with Crippen LogP contribution in [0.2, 0.25) is 0 Å². The van der Waals surface area contributed by atoms with Crippen molar-refractivity contribution < 1.29 is 19.0 Å². The summed E-state index contributed by atoms with van der Waals surface area (Å²) >= 11 is 1.69. The molecule has 1 aliphatic rings. The molecule has 114 valence electrons. The van der Waals surface area contributed by atoms with Gasteiger partial charge in [0.15, 0.2) is 17.3 Å². The summed E-state index contributed by atoms with van der Waals surface area (Å²) in [5.74, 6) is 3.17. The second kappa shape index (κ2) is 6.75. The third-order valence-electron chi connectivity index (χ3n) is 3.23. The number of carbonyl (C=O) groups excluding carboxylic acids is 1. The van der Waals surface area contributed by atoms with Crippen LogP contribution in [0.3, 0.4) is 0 Å². The molecule has 0 amide bonds. The number of benzene rings is 2. The van der Waals surface area contributed by atoms with Crippen molar-refractivity contribution >= 4 is 17.5 Å². The molecule has 2 aromatic carbocycles. The maximum atomic E-state index is 11.2. The van der Waals surface area contributed by atoms with Crippen molar-refractivity contribution in [2.24, 2.45) is 0 Å². The summed E-state index contributed by atoms with van der Waals surface area (Å²) in [4.78, 5) is 12.3. The second-order valence-corrected chi connectivity index (χ2v) is 5.96. The first kappa shape index (κ1) is 14.8. The van der Waals surface area contributed by atoms with E-state index in [0.717, 1.165) is 33.5 Å². The molecule has 0 spiro atoms. The highest BCUT2D eigenvalue weighted by molar-refractivity contribution is 7.99. The molecule has 0 atom stereocenters. The van der Waals surface area contributed by atoms with Gasteiger partial charge < -0.3 is 14.2 Å². The molecule has 3 rings (SSSR count). The molecule has 0 aliphatic carbocycles. The first-order valence-corrected chi connectivity index (χ1v) is 7.97. The fourth-order valence-electron chi connectivity index (χ4n) is 2.07. The van der Waals surface area contributed by atoms with Gasteiger partial charge in [0.1, 0.15) is 5.75 Å². The molecule has 0 fully saturated rings. The normalized spacial score (nSPS) is 12.2. The number of rotatable bonds is 6. The van der Waals surface area contributed by atoms with Crippen molar-refractivity contribution in [1.29, 1.82) is 0 Å². The molecule has 2 aromatic rings. The Balaban J connectivity index is 1.46. The molecule has 0 saturated heterocycles. The van der Waals surface area contributed by atoms with Gasteiger partial charge in [-0.15, -0.1) is 11.8 Å². The van der Waals surface area contributed by atoms with Crippen LogP contribution in [0, 0.1) is 0 Å². The van der Waals surface area contributed by atoms with Gasteiger partial charge in [0.05, 0.1) is 6.61 Å². The van der Waals surface area contributed by atoms with Gasteiger partial charge in [-0.1, -0.05) is 12.1 Å². The quantitative estimate of drug-likeness (QED) is 0.461. The molecule has 0 N–H and O–H groups in total. The standard InChI is InChI=1S/C17H16O4S/c1-12(18)13-2-5-15(6-3-13)22-9-8-19-14-4-7-16-17(10-14)21-11-20-16/h2-7,10H,8-9,11H2,1H3. The van der Waals surface area contributed by atoms with Crippen molar-refractivity contribution in [3.8, 4) is 17.2 Å². The van der Waals surface area contributed by atoms with E-state index in [1.54, 1.807) is 18.7 Å². The van der Waals surface area contributed by atoms with Gasteiger partial charge in [0, 0.05) is 22.3 Å². The fourth-order valence-corrected chi connectivity index (χ4v) is 2.80. The van der Waals surface area contributed by atoms with E-state index in [4.69, 9.17) is 14.2 Å². The minimum Gasteiger partial charge on any atom is -0.493 e. The molecule has 0 radical (unpaired) electrons. The number of carbonyl (C=O) groups is 1. The minimum absolute atomic E-state index is 0.0858. The average Bonchev–Trinajstić information content (AvgIpc) is 2.99. The lowest BCUT2D eigenvalue weighted by Crippen LogP contribution is -2.00. The second-order valence-electron chi connectivity index (χ2n) is 4.79. The molecule has 0 unspecified atom stereocenters. The molecule has 1 aliphatic heterocycles. The molecule has 0 bridgehead atoms. The van der Waals surface area contributed by atoms with E-state index >= 15 is 0 Å². The number of hydrogen-bond donors (Lipinski definition) is 0. The van der Waals surface area contributed by atoms with Gasteiger partial charge in [-0.2, -0.15) is 0 Å². The molecule has 0 saturated carbocycles. The Morgan fingerprint density at radius 2 is 1.91 bits per heavy atom. The lowest BCUT2D eigenvalue weighted by Gasteiger charge is -2.07. The smallest absolute Gasteiger partial charge is 0.231 e. The van der Waals surface area contributed by atoms with Gasteiger partial charge in [0.25, 0.3) is 0 Å². The lowest BCUT2D eigenvalue weighted by molar-refractivity contribution is 0.101.